The van der Waals surface area contributed by atoms with Gasteiger partial charge in [0.05, 0.1) is 19.8 Å². The number of hydrogen-bond donors (Lipinski definition) is 1. The van der Waals surface area contributed by atoms with Gasteiger partial charge < -0.3 is 19.7 Å². The Morgan fingerprint density at radius 2 is 1.90 bits per heavy atom. The molecule has 6 heteroatoms. The van der Waals surface area contributed by atoms with Gasteiger partial charge in [0.15, 0.2) is 11.5 Å². The van der Waals surface area contributed by atoms with E-state index in [-0.39, 0.29) is 18.4 Å². The second-order valence-electron chi connectivity index (χ2n) is 4.75. The van der Waals surface area contributed by atoms with Gasteiger partial charge in [0, 0.05) is 31.1 Å². The molecule has 0 radical (unpaired) electrons. The van der Waals surface area contributed by atoms with E-state index >= 15 is 0 Å². The Bertz CT molecular complexity index is 544. The minimum absolute atomic E-state index is 0.0350. The van der Waals surface area contributed by atoms with Gasteiger partial charge in [-0.05, 0) is 12.1 Å². The number of ether oxygens (including phenoxy) is 2. The first-order valence-electron chi connectivity index (χ1n) is 6.71. The summed E-state index contributed by atoms with van der Waals surface area (Å²) in [6, 6.07) is 5.43. The second-order valence-corrected chi connectivity index (χ2v) is 4.75. The van der Waals surface area contributed by atoms with Crippen LogP contribution in [0.3, 0.4) is 0 Å². The summed E-state index contributed by atoms with van der Waals surface area (Å²) in [7, 11) is 0. The van der Waals surface area contributed by atoms with Crippen LogP contribution < -0.4 is 19.7 Å². The molecule has 0 bridgehead atoms. The smallest absolute Gasteiger partial charge is 0.246 e. The second kappa shape index (κ2) is 5.40. The molecule has 0 aliphatic carbocycles. The fourth-order valence-electron chi connectivity index (χ4n) is 2.29. The van der Waals surface area contributed by atoms with Crippen molar-refractivity contribution in [3.8, 4) is 11.5 Å². The highest BCUT2D eigenvalue weighted by Crippen LogP contribution is 2.33. The number of benzene rings is 1. The summed E-state index contributed by atoms with van der Waals surface area (Å²) in [5.74, 6) is 1.12. The Kier molecular flexibility index (Phi) is 3.45. The number of anilines is 1. The molecule has 0 spiro atoms. The Morgan fingerprint density at radius 3 is 2.75 bits per heavy atom. The van der Waals surface area contributed by atoms with Crippen LogP contribution in [0.15, 0.2) is 18.2 Å². The lowest BCUT2D eigenvalue weighted by molar-refractivity contribution is -0.123. The molecular weight excluding hydrogens is 260 g/mol. The number of nitrogens with zero attached hydrogens (tertiary/aromatic N) is 1. The van der Waals surface area contributed by atoms with Gasteiger partial charge in [0.2, 0.25) is 11.8 Å². The normalized spacial score (nSPS) is 19.1. The van der Waals surface area contributed by atoms with Crippen LogP contribution in [-0.4, -0.2) is 38.1 Å². The average molecular weight is 276 g/mol. The largest absolute Gasteiger partial charge is 0.490 e. The topological polar surface area (TPSA) is 67.9 Å². The van der Waals surface area contributed by atoms with Crippen molar-refractivity contribution in [1.29, 1.82) is 0 Å². The van der Waals surface area contributed by atoms with Crippen LogP contribution in [0.25, 0.3) is 0 Å². The van der Waals surface area contributed by atoms with E-state index in [0.29, 0.717) is 37.7 Å². The highest BCUT2D eigenvalue weighted by Gasteiger charge is 2.22. The zero-order valence-electron chi connectivity index (χ0n) is 11.1. The molecule has 0 atom stereocenters. The Morgan fingerprint density at radius 1 is 1.10 bits per heavy atom. The number of nitrogens with one attached hydrogen (secondary N) is 1. The molecule has 3 rings (SSSR count). The predicted octanol–water partition coefficient (Wildman–Crippen LogP) is 0.701. The third-order valence-electron chi connectivity index (χ3n) is 3.34. The van der Waals surface area contributed by atoms with Crippen molar-refractivity contribution in [2.24, 2.45) is 0 Å². The van der Waals surface area contributed by atoms with E-state index in [1.165, 1.54) is 0 Å². The number of fused-ring (bicyclic) bond motifs is 1. The summed E-state index contributed by atoms with van der Waals surface area (Å²) in [5, 5.41) is 2.58. The van der Waals surface area contributed by atoms with Crippen molar-refractivity contribution in [1.82, 2.24) is 5.32 Å². The molecule has 6 nitrogen and oxygen atoms in total. The van der Waals surface area contributed by atoms with Crippen molar-refractivity contribution in [2.75, 3.05) is 31.2 Å². The summed E-state index contributed by atoms with van der Waals surface area (Å²) >= 11 is 0. The fraction of sp³-hybridized carbons (Fsp3) is 0.429. The molecule has 1 saturated heterocycles. The first-order valence-corrected chi connectivity index (χ1v) is 6.71. The van der Waals surface area contributed by atoms with Gasteiger partial charge in [-0.1, -0.05) is 0 Å². The average Bonchev–Trinajstić information content (AvgIpc) is 2.78. The zero-order valence-corrected chi connectivity index (χ0v) is 11.1. The lowest BCUT2D eigenvalue weighted by Gasteiger charge is -2.21. The number of rotatable bonds is 1. The van der Waals surface area contributed by atoms with E-state index in [4.69, 9.17) is 9.47 Å². The maximum Gasteiger partial charge on any atom is 0.246 e. The Balaban J connectivity index is 1.87. The van der Waals surface area contributed by atoms with Crippen molar-refractivity contribution in [2.45, 2.75) is 12.8 Å². The maximum absolute atomic E-state index is 12.0. The molecule has 1 aromatic rings. The quantitative estimate of drug-likeness (QED) is 0.820. The number of hydrogen-bond acceptors (Lipinski definition) is 4. The SMILES string of the molecule is O=C1CCN(c2ccc3c(c2)OCCCO3)C(=O)CN1. The van der Waals surface area contributed by atoms with Gasteiger partial charge in [-0.15, -0.1) is 0 Å². The summed E-state index contributed by atoms with van der Waals surface area (Å²) in [4.78, 5) is 25.0. The van der Waals surface area contributed by atoms with Crippen LogP contribution in [0, 0.1) is 0 Å². The summed E-state index contributed by atoms with van der Waals surface area (Å²) in [6.07, 6.45) is 1.14. The van der Waals surface area contributed by atoms with Gasteiger partial charge in [0.1, 0.15) is 0 Å². The Hall–Kier alpha value is -2.24. The van der Waals surface area contributed by atoms with Crippen LogP contribution in [0.1, 0.15) is 12.8 Å². The van der Waals surface area contributed by atoms with Crippen molar-refractivity contribution in [3.63, 3.8) is 0 Å². The van der Waals surface area contributed by atoms with E-state index < -0.39 is 0 Å². The lowest BCUT2D eigenvalue weighted by atomic mass is 10.2. The molecule has 106 valence electrons. The lowest BCUT2D eigenvalue weighted by Crippen LogP contribution is -2.35. The summed E-state index contributed by atoms with van der Waals surface area (Å²) < 4.78 is 11.2. The molecule has 0 unspecified atom stereocenters. The Labute approximate surface area is 116 Å². The molecule has 2 aliphatic rings. The van der Waals surface area contributed by atoms with Crippen molar-refractivity contribution >= 4 is 17.5 Å². The van der Waals surface area contributed by atoms with E-state index in [2.05, 4.69) is 5.32 Å². The van der Waals surface area contributed by atoms with Crippen LogP contribution in [-0.2, 0) is 9.59 Å². The number of carbonyl (C=O) groups excluding carboxylic acids is 2. The molecule has 1 aromatic carbocycles. The molecular formula is C14H16N2O4. The summed E-state index contributed by atoms with van der Waals surface area (Å²) in [6.45, 7) is 1.65. The summed E-state index contributed by atoms with van der Waals surface area (Å²) in [5.41, 5.74) is 0.732. The van der Waals surface area contributed by atoms with E-state index in [9.17, 15) is 9.59 Å². The molecule has 1 fully saturated rings. The van der Waals surface area contributed by atoms with Gasteiger partial charge in [-0.2, -0.15) is 0 Å². The van der Waals surface area contributed by atoms with E-state index in [1.54, 1.807) is 11.0 Å². The highest BCUT2D eigenvalue weighted by molar-refractivity contribution is 5.99. The molecule has 0 aromatic heterocycles. The van der Waals surface area contributed by atoms with Crippen molar-refractivity contribution in [3.05, 3.63) is 18.2 Å². The zero-order chi connectivity index (χ0) is 13.9. The molecule has 0 saturated carbocycles. The third-order valence-corrected chi connectivity index (χ3v) is 3.34. The van der Waals surface area contributed by atoms with Crippen LogP contribution in [0.5, 0.6) is 11.5 Å². The van der Waals surface area contributed by atoms with Gasteiger partial charge in [0.25, 0.3) is 0 Å². The van der Waals surface area contributed by atoms with Gasteiger partial charge >= 0.3 is 0 Å². The molecule has 1 N–H and O–H groups in total. The first kappa shape index (κ1) is 12.8. The predicted molar refractivity (Wildman–Crippen MR) is 72.0 cm³/mol. The van der Waals surface area contributed by atoms with Crippen molar-refractivity contribution < 1.29 is 19.1 Å². The number of carbonyl (C=O) groups is 2. The fourth-order valence-corrected chi connectivity index (χ4v) is 2.29. The third kappa shape index (κ3) is 2.54. The molecule has 2 amide bonds. The minimum atomic E-state index is -0.120. The molecule has 20 heavy (non-hydrogen) atoms. The highest BCUT2D eigenvalue weighted by atomic mass is 16.5. The standard InChI is InChI=1S/C14H16N2O4/c17-13-4-5-16(14(18)9-15-13)10-2-3-11-12(8-10)20-7-1-6-19-11/h2-3,8H,1,4-7,9H2,(H,15,17). The maximum atomic E-state index is 12.0. The van der Waals surface area contributed by atoms with Gasteiger partial charge in [-0.3, -0.25) is 9.59 Å². The number of amides is 2. The first-order chi connectivity index (χ1) is 9.74. The minimum Gasteiger partial charge on any atom is -0.490 e. The van der Waals surface area contributed by atoms with Crippen LogP contribution in [0.2, 0.25) is 0 Å². The monoisotopic (exact) mass is 276 g/mol. The van der Waals surface area contributed by atoms with E-state index in [0.717, 1.165) is 12.1 Å². The molecule has 2 aliphatic heterocycles. The van der Waals surface area contributed by atoms with E-state index in [1.807, 2.05) is 12.1 Å². The molecule has 2 heterocycles. The van der Waals surface area contributed by atoms with Crippen LogP contribution >= 0.6 is 0 Å². The van der Waals surface area contributed by atoms with Crippen LogP contribution in [0.4, 0.5) is 5.69 Å². The van der Waals surface area contributed by atoms with Gasteiger partial charge in [-0.25, -0.2) is 0 Å².